The molecule has 2 saturated carbocycles. The maximum absolute atomic E-state index is 3.98. The molecule has 16 heavy (non-hydrogen) atoms. The van der Waals surface area contributed by atoms with Crippen molar-refractivity contribution in [3.05, 3.63) is 0 Å². The first-order valence-corrected chi connectivity index (χ1v) is 7.25. The fraction of sp³-hybridized carbons (Fsp3) is 1.00. The molecule has 0 spiro atoms. The molecule has 1 nitrogen and oxygen atoms in total. The zero-order valence-electron chi connectivity index (χ0n) is 11.6. The Labute approximate surface area is 101 Å². The lowest BCUT2D eigenvalue weighted by Gasteiger charge is -2.38. The summed E-state index contributed by atoms with van der Waals surface area (Å²) in [5.74, 6) is 1.82. The molecule has 2 aliphatic rings. The molecule has 2 aliphatic carbocycles. The highest BCUT2D eigenvalue weighted by Crippen LogP contribution is 2.39. The number of hydrogen-bond donors (Lipinski definition) is 1. The van der Waals surface area contributed by atoms with Gasteiger partial charge in [0.1, 0.15) is 0 Å². The van der Waals surface area contributed by atoms with Crippen molar-refractivity contribution >= 4 is 0 Å². The zero-order chi connectivity index (χ0) is 11.8. The molecule has 2 rings (SSSR count). The lowest BCUT2D eigenvalue weighted by atomic mass is 9.78. The summed E-state index contributed by atoms with van der Waals surface area (Å²) in [6.07, 6.45) is 8.46. The van der Waals surface area contributed by atoms with E-state index in [0.29, 0.717) is 5.41 Å². The summed E-state index contributed by atoms with van der Waals surface area (Å²) in [6, 6.07) is 1.56. The first-order valence-electron chi connectivity index (χ1n) is 7.25. The van der Waals surface area contributed by atoms with Crippen molar-refractivity contribution in [3.8, 4) is 0 Å². The second-order valence-electron chi connectivity index (χ2n) is 7.10. The quantitative estimate of drug-likeness (QED) is 0.746. The van der Waals surface area contributed by atoms with E-state index < -0.39 is 0 Å². The fourth-order valence-corrected chi connectivity index (χ4v) is 3.81. The van der Waals surface area contributed by atoms with E-state index in [9.17, 15) is 0 Å². The van der Waals surface area contributed by atoms with Crippen LogP contribution in [0.3, 0.4) is 0 Å². The summed E-state index contributed by atoms with van der Waals surface area (Å²) in [4.78, 5) is 0. The second kappa shape index (κ2) is 4.68. The molecule has 0 radical (unpaired) electrons. The van der Waals surface area contributed by atoms with Crippen molar-refractivity contribution in [3.63, 3.8) is 0 Å². The minimum absolute atomic E-state index is 0.531. The Kier molecular flexibility index (Phi) is 3.63. The molecule has 0 bridgehead atoms. The Hall–Kier alpha value is -0.0400. The van der Waals surface area contributed by atoms with Gasteiger partial charge in [-0.2, -0.15) is 0 Å². The van der Waals surface area contributed by atoms with Gasteiger partial charge in [0.2, 0.25) is 0 Å². The molecule has 0 saturated heterocycles. The zero-order valence-corrected chi connectivity index (χ0v) is 11.6. The molecule has 4 unspecified atom stereocenters. The molecule has 0 aliphatic heterocycles. The molecule has 94 valence electrons. The highest BCUT2D eigenvalue weighted by Gasteiger charge is 2.37. The topological polar surface area (TPSA) is 12.0 Å². The van der Waals surface area contributed by atoms with E-state index in [0.717, 1.165) is 23.9 Å². The van der Waals surface area contributed by atoms with E-state index in [1.54, 1.807) is 0 Å². The van der Waals surface area contributed by atoms with Gasteiger partial charge in [0.15, 0.2) is 0 Å². The Morgan fingerprint density at radius 1 is 1.06 bits per heavy atom. The van der Waals surface area contributed by atoms with Crippen LogP contribution in [0.4, 0.5) is 0 Å². The standard InChI is InChI=1S/C15H29N/c1-11-7-8-13(12(2)10-11)16-14-6-5-9-15(14,3)4/h11-14,16H,5-10H2,1-4H3. The van der Waals surface area contributed by atoms with Gasteiger partial charge in [0, 0.05) is 12.1 Å². The van der Waals surface area contributed by atoms with Crippen LogP contribution in [0.2, 0.25) is 0 Å². The lowest BCUT2D eigenvalue weighted by Crippen LogP contribution is -2.48. The normalized spacial score (nSPS) is 43.5. The average molecular weight is 223 g/mol. The maximum Gasteiger partial charge on any atom is 0.0121 e. The van der Waals surface area contributed by atoms with Gasteiger partial charge in [0.05, 0.1) is 0 Å². The summed E-state index contributed by atoms with van der Waals surface area (Å²) in [6.45, 7) is 9.73. The molecule has 4 atom stereocenters. The summed E-state index contributed by atoms with van der Waals surface area (Å²) in [5.41, 5.74) is 0.531. The van der Waals surface area contributed by atoms with E-state index >= 15 is 0 Å². The molecule has 0 aromatic carbocycles. The molecular formula is C15H29N. The summed E-state index contributed by atoms with van der Waals surface area (Å²) >= 11 is 0. The van der Waals surface area contributed by atoms with Crippen LogP contribution in [-0.4, -0.2) is 12.1 Å². The van der Waals surface area contributed by atoms with Crippen LogP contribution in [0.25, 0.3) is 0 Å². The maximum atomic E-state index is 3.98. The van der Waals surface area contributed by atoms with Crippen molar-refractivity contribution in [2.24, 2.45) is 17.3 Å². The van der Waals surface area contributed by atoms with Gasteiger partial charge in [-0.15, -0.1) is 0 Å². The van der Waals surface area contributed by atoms with Gasteiger partial charge in [0.25, 0.3) is 0 Å². The van der Waals surface area contributed by atoms with E-state index in [4.69, 9.17) is 0 Å². The smallest absolute Gasteiger partial charge is 0.0121 e. The van der Waals surface area contributed by atoms with Crippen molar-refractivity contribution in [1.29, 1.82) is 0 Å². The fourth-order valence-electron chi connectivity index (χ4n) is 3.81. The second-order valence-corrected chi connectivity index (χ2v) is 7.10. The van der Waals surface area contributed by atoms with Crippen LogP contribution >= 0.6 is 0 Å². The molecule has 2 fully saturated rings. The SMILES string of the molecule is CC1CCC(NC2CCCC2(C)C)C(C)C1. The van der Waals surface area contributed by atoms with E-state index in [1.807, 2.05) is 0 Å². The largest absolute Gasteiger partial charge is 0.310 e. The van der Waals surface area contributed by atoms with Crippen molar-refractivity contribution in [2.45, 2.75) is 78.3 Å². The van der Waals surface area contributed by atoms with Crippen LogP contribution < -0.4 is 5.32 Å². The lowest BCUT2D eigenvalue weighted by molar-refractivity contribution is 0.178. The average Bonchev–Trinajstić information content (AvgIpc) is 2.50. The van der Waals surface area contributed by atoms with Gasteiger partial charge in [-0.05, 0) is 49.4 Å². The van der Waals surface area contributed by atoms with E-state index in [1.165, 1.54) is 38.5 Å². The van der Waals surface area contributed by atoms with Crippen molar-refractivity contribution in [1.82, 2.24) is 5.32 Å². The Bertz CT molecular complexity index is 234. The third-order valence-corrected chi connectivity index (χ3v) is 5.10. The van der Waals surface area contributed by atoms with Crippen LogP contribution in [0.1, 0.15) is 66.2 Å². The monoisotopic (exact) mass is 223 g/mol. The number of hydrogen-bond acceptors (Lipinski definition) is 1. The van der Waals surface area contributed by atoms with Gasteiger partial charge < -0.3 is 5.32 Å². The third kappa shape index (κ3) is 2.61. The molecule has 0 heterocycles. The number of nitrogens with one attached hydrogen (secondary N) is 1. The predicted molar refractivity (Wildman–Crippen MR) is 70.5 cm³/mol. The Morgan fingerprint density at radius 2 is 1.81 bits per heavy atom. The van der Waals surface area contributed by atoms with Crippen molar-refractivity contribution < 1.29 is 0 Å². The van der Waals surface area contributed by atoms with Crippen LogP contribution in [-0.2, 0) is 0 Å². The van der Waals surface area contributed by atoms with Gasteiger partial charge in [-0.1, -0.05) is 34.1 Å². The Morgan fingerprint density at radius 3 is 2.38 bits per heavy atom. The molecular weight excluding hydrogens is 194 g/mol. The van der Waals surface area contributed by atoms with Crippen LogP contribution in [0, 0.1) is 17.3 Å². The highest BCUT2D eigenvalue weighted by molar-refractivity contribution is 4.93. The minimum Gasteiger partial charge on any atom is -0.310 e. The van der Waals surface area contributed by atoms with Gasteiger partial charge in [-0.25, -0.2) is 0 Å². The predicted octanol–water partition coefficient (Wildman–Crippen LogP) is 3.98. The third-order valence-electron chi connectivity index (χ3n) is 5.10. The van der Waals surface area contributed by atoms with E-state index in [2.05, 4.69) is 33.0 Å². The van der Waals surface area contributed by atoms with Crippen LogP contribution in [0.15, 0.2) is 0 Å². The molecule has 1 heteroatoms. The van der Waals surface area contributed by atoms with E-state index in [-0.39, 0.29) is 0 Å². The summed E-state index contributed by atoms with van der Waals surface area (Å²) in [7, 11) is 0. The summed E-state index contributed by atoms with van der Waals surface area (Å²) in [5, 5.41) is 3.98. The number of rotatable bonds is 2. The molecule has 0 amide bonds. The van der Waals surface area contributed by atoms with Crippen LogP contribution in [0.5, 0.6) is 0 Å². The Balaban J connectivity index is 1.89. The summed E-state index contributed by atoms with van der Waals surface area (Å²) < 4.78 is 0. The first kappa shape index (κ1) is 12.4. The highest BCUT2D eigenvalue weighted by atomic mass is 15.0. The first-order chi connectivity index (χ1) is 7.49. The molecule has 0 aromatic heterocycles. The molecule has 1 N–H and O–H groups in total. The minimum atomic E-state index is 0.531. The van der Waals surface area contributed by atoms with Gasteiger partial charge in [-0.3, -0.25) is 0 Å². The molecule has 0 aromatic rings. The van der Waals surface area contributed by atoms with Crippen molar-refractivity contribution in [2.75, 3.05) is 0 Å². The van der Waals surface area contributed by atoms with Gasteiger partial charge >= 0.3 is 0 Å².